The Labute approximate surface area is 51.6 Å². The summed E-state index contributed by atoms with van der Waals surface area (Å²) in [5.41, 5.74) is 0. The van der Waals surface area contributed by atoms with Gasteiger partial charge in [-0.05, 0) is 6.92 Å². The lowest BCUT2D eigenvalue weighted by molar-refractivity contribution is -0.0458. The number of hydrogen-bond acceptors (Lipinski definition) is 3. The summed E-state index contributed by atoms with van der Waals surface area (Å²) in [5, 5.41) is 0. The van der Waals surface area contributed by atoms with Crippen molar-refractivity contribution in [1.29, 1.82) is 0 Å². The zero-order chi connectivity index (χ0) is 7.49. The van der Waals surface area contributed by atoms with Crippen molar-refractivity contribution in [3.8, 4) is 0 Å². The van der Waals surface area contributed by atoms with Crippen LogP contribution in [0.2, 0.25) is 0 Å². The highest BCUT2D eigenvalue weighted by Crippen LogP contribution is 2.51. The zero-order valence-corrected chi connectivity index (χ0v) is 5.90. The number of ether oxygens (including phenoxy) is 1. The van der Waals surface area contributed by atoms with E-state index in [1.54, 1.807) is 0 Å². The van der Waals surface area contributed by atoms with Crippen LogP contribution in [0.3, 0.4) is 0 Å². The minimum absolute atomic E-state index is 1.12. The van der Waals surface area contributed by atoms with Gasteiger partial charge in [0.1, 0.15) is 0 Å². The molecule has 1 unspecified atom stereocenters. The van der Waals surface area contributed by atoms with E-state index in [9.17, 15) is 13.0 Å². The van der Waals surface area contributed by atoms with Crippen LogP contribution < -0.4 is 0 Å². The van der Waals surface area contributed by atoms with Gasteiger partial charge in [0.25, 0.3) is 0 Å². The molecule has 1 atom stereocenters. The largest absolute Gasteiger partial charge is 0.554 e. The van der Waals surface area contributed by atoms with Crippen LogP contribution in [0.15, 0.2) is 0 Å². The Balaban J connectivity index is 3.60. The molecule has 6 heteroatoms. The van der Waals surface area contributed by atoms with Gasteiger partial charge in [-0.2, -0.15) is 0 Å². The third-order valence-electron chi connectivity index (χ3n) is 0.603. The third-order valence-corrected chi connectivity index (χ3v) is 1.15. The van der Waals surface area contributed by atoms with Gasteiger partial charge >= 0.3 is 7.99 Å². The van der Waals surface area contributed by atoms with Crippen LogP contribution >= 0.6 is 7.99 Å². The van der Waals surface area contributed by atoms with Crippen LogP contribution in [0.5, 0.6) is 0 Å². The highest BCUT2D eigenvalue weighted by Gasteiger charge is 2.23. The lowest BCUT2D eigenvalue weighted by Crippen LogP contribution is -2.05. The molecule has 0 aromatic heterocycles. The van der Waals surface area contributed by atoms with Crippen molar-refractivity contribution in [2.45, 2.75) is 13.2 Å². The molecule has 0 aliphatic heterocycles. The molecule has 0 fully saturated rings. The van der Waals surface area contributed by atoms with E-state index in [4.69, 9.17) is 0 Å². The molecule has 0 N–H and O–H groups in total. The fourth-order valence-corrected chi connectivity index (χ4v) is 0.648. The molecule has 3 nitrogen and oxygen atoms in total. The van der Waals surface area contributed by atoms with Crippen LogP contribution in [-0.4, -0.2) is 13.4 Å². The van der Waals surface area contributed by atoms with Crippen molar-refractivity contribution in [3.05, 3.63) is 0 Å². The Kier molecular flexibility index (Phi) is 3.25. The molecule has 0 heterocycles. The number of halogens is 2. The fraction of sp³-hybridized carbons (Fsp3) is 1.00. The first-order valence-corrected chi connectivity index (χ1v) is 3.57. The molecular formula is C3H7F2O3P. The average molecular weight is 160 g/mol. The lowest BCUT2D eigenvalue weighted by atomic mass is 10.8. The second-order valence-electron chi connectivity index (χ2n) is 1.32. The first-order valence-electron chi connectivity index (χ1n) is 2.16. The topological polar surface area (TPSA) is 35.5 Å². The van der Waals surface area contributed by atoms with Gasteiger partial charge in [-0.3, -0.25) is 4.52 Å². The summed E-state index contributed by atoms with van der Waals surface area (Å²) in [5.74, 6) is 0. The summed E-state index contributed by atoms with van der Waals surface area (Å²) < 4.78 is 40.2. The van der Waals surface area contributed by atoms with Crippen molar-refractivity contribution >= 4 is 7.99 Å². The highest BCUT2D eigenvalue weighted by atomic mass is 31.2. The first-order chi connectivity index (χ1) is 3.95. The number of hydrogen-bond donors (Lipinski definition) is 0. The Morgan fingerprint density at radius 1 is 1.56 bits per heavy atom. The highest BCUT2D eigenvalue weighted by molar-refractivity contribution is 7.47. The average Bonchev–Trinajstić information content (AvgIpc) is 1.62. The second kappa shape index (κ2) is 3.25. The predicted molar refractivity (Wildman–Crippen MR) is 27.4 cm³/mol. The number of rotatable bonds is 3. The van der Waals surface area contributed by atoms with Crippen LogP contribution in [-0.2, 0) is 13.8 Å². The van der Waals surface area contributed by atoms with Gasteiger partial charge < -0.3 is 4.74 Å². The van der Waals surface area contributed by atoms with Crippen LogP contribution in [0.4, 0.5) is 8.39 Å². The van der Waals surface area contributed by atoms with Gasteiger partial charge in [-0.15, -0.1) is 8.39 Å². The molecule has 0 rings (SSSR count). The summed E-state index contributed by atoms with van der Waals surface area (Å²) in [4.78, 5) is 0. The molecule has 0 radical (unpaired) electrons. The van der Waals surface area contributed by atoms with E-state index >= 15 is 0 Å². The molecule has 0 aromatic rings. The molecule has 0 aromatic carbocycles. The van der Waals surface area contributed by atoms with Crippen molar-refractivity contribution in [2.75, 3.05) is 7.11 Å². The summed E-state index contributed by atoms with van der Waals surface area (Å²) in [7, 11) is -4.18. The van der Waals surface area contributed by atoms with Crippen LogP contribution in [0.1, 0.15) is 6.92 Å². The van der Waals surface area contributed by atoms with Crippen LogP contribution in [0.25, 0.3) is 0 Å². The van der Waals surface area contributed by atoms with E-state index in [-0.39, 0.29) is 0 Å². The molecule has 0 saturated carbocycles. The monoisotopic (exact) mass is 160 g/mol. The maximum absolute atomic E-state index is 11.4. The molecule has 0 aliphatic rings. The molecule has 0 saturated heterocycles. The maximum atomic E-state index is 11.4. The standard InChI is InChI=1S/C3H7F2O3P/c1-3(7-2)8-9(4,5)6/h3H,1-2H3. The van der Waals surface area contributed by atoms with Gasteiger partial charge in [0.15, 0.2) is 6.29 Å². The molecular weight excluding hydrogens is 153 g/mol. The maximum Gasteiger partial charge on any atom is 0.554 e. The van der Waals surface area contributed by atoms with Gasteiger partial charge in [-0.25, -0.2) is 4.57 Å². The second-order valence-corrected chi connectivity index (χ2v) is 2.36. The van der Waals surface area contributed by atoms with Gasteiger partial charge in [0.2, 0.25) is 0 Å². The van der Waals surface area contributed by atoms with E-state index in [0.717, 1.165) is 0 Å². The Bertz CT molecular complexity index is 122. The number of methoxy groups -OCH3 is 1. The normalized spacial score (nSPS) is 15.6. The van der Waals surface area contributed by atoms with Gasteiger partial charge in [0, 0.05) is 7.11 Å². The first kappa shape index (κ1) is 9.01. The molecule has 0 aliphatic carbocycles. The summed E-state index contributed by atoms with van der Waals surface area (Å²) >= 11 is 0. The molecule has 56 valence electrons. The van der Waals surface area contributed by atoms with E-state index in [0.29, 0.717) is 0 Å². The fourth-order valence-electron chi connectivity index (χ4n) is 0.216. The third kappa shape index (κ3) is 5.89. The molecule has 0 amide bonds. The van der Waals surface area contributed by atoms with E-state index in [1.807, 2.05) is 0 Å². The van der Waals surface area contributed by atoms with Crippen molar-refractivity contribution < 1.29 is 22.2 Å². The minimum Gasteiger partial charge on any atom is -0.356 e. The Morgan fingerprint density at radius 2 is 2.00 bits per heavy atom. The van der Waals surface area contributed by atoms with Crippen molar-refractivity contribution in [1.82, 2.24) is 0 Å². The quantitative estimate of drug-likeness (QED) is 0.468. The zero-order valence-electron chi connectivity index (χ0n) is 5.01. The smallest absolute Gasteiger partial charge is 0.356 e. The molecule has 9 heavy (non-hydrogen) atoms. The lowest BCUT2D eigenvalue weighted by Gasteiger charge is -2.07. The molecule has 0 spiro atoms. The minimum atomic E-state index is -5.36. The Morgan fingerprint density at radius 3 is 2.11 bits per heavy atom. The summed E-state index contributed by atoms with van der Waals surface area (Å²) in [6.07, 6.45) is -1.12. The van der Waals surface area contributed by atoms with Crippen molar-refractivity contribution in [2.24, 2.45) is 0 Å². The summed E-state index contributed by atoms with van der Waals surface area (Å²) in [6.45, 7) is 1.23. The van der Waals surface area contributed by atoms with Gasteiger partial charge in [-0.1, -0.05) is 0 Å². The van der Waals surface area contributed by atoms with E-state index in [2.05, 4.69) is 9.26 Å². The van der Waals surface area contributed by atoms with Crippen LogP contribution in [0, 0.1) is 0 Å². The SMILES string of the molecule is COC(C)OP(=O)(F)F. The Hall–Kier alpha value is 0.01000. The van der Waals surface area contributed by atoms with E-state index < -0.39 is 14.3 Å². The van der Waals surface area contributed by atoms with E-state index in [1.165, 1.54) is 14.0 Å². The summed E-state index contributed by atoms with van der Waals surface area (Å²) in [6, 6.07) is 0. The van der Waals surface area contributed by atoms with Gasteiger partial charge in [0.05, 0.1) is 0 Å². The predicted octanol–water partition coefficient (Wildman–Crippen LogP) is 2.04. The molecule has 0 bridgehead atoms. The van der Waals surface area contributed by atoms with Crippen molar-refractivity contribution in [3.63, 3.8) is 0 Å².